The number of carbonyl (C=O) groups is 1. The molecule has 1 amide bonds. The second-order valence-electron chi connectivity index (χ2n) is 5.79. The van der Waals surface area contributed by atoms with Crippen molar-refractivity contribution in [3.8, 4) is 0 Å². The van der Waals surface area contributed by atoms with Gasteiger partial charge in [0.15, 0.2) is 9.84 Å². The van der Waals surface area contributed by atoms with E-state index in [4.69, 9.17) is 11.6 Å². The molecular formula is C15H17ClN2O3S. The molecule has 0 spiro atoms. The van der Waals surface area contributed by atoms with Crippen LogP contribution in [0.3, 0.4) is 0 Å². The molecule has 0 saturated carbocycles. The zero-order chi connectivity index (χ0) is 16.1. The van der Waals surface area contributed by atoms with Gasteiger partial charge in [-0.1, -0.05) is 11.6 Å². The van der Waals surface area contributed by atoms with E-state index in [2.05, 4.69) is 4.98 Å². The Hall–Kier alpha value is -1.53. The number of sulfone groups is 1. The molecule has 118 valence electrons. The fraction of sp³-hybridized carbons (Fsp3) is 0.400. The lowest BCUT2D eigenvalue weighted by Crippen LogP contribution is -2.38. The van der Waals surface area contributed by atoms with Gasteiger partial charge in [-0.25, -0.2) is 8.42 Å². The Morgan fingerprint density at radius 3 is 2.77 bits per heavy atom. The lowest BCUT2D eigenvalue weighted by atomic mass is 10.1. The third-order valence-corrected chi connectivity index (χ3v) is 6.22. The van der Waals surface area contributed by atoms with E-state index >= 15 is 0 Å². The summed E-state index contributed by atoms with van der Waals surface area (Å²) >= 11 is 6.03. The highest BCUT2D eigenvalue weighted by molar-refractivity contribution is 7.91. The molecule has 1 aliphatic heterocycles. The predicted octanol–water partition coefficient (Wildman–Crippen LogP) is 2.39. The normalized spacial score (nSPS) is 20.4. The van der Waals surface area contributed by atoms with E-state index in [9.17, 15) is 13.2 Å². The molecule has 0 radical (unpaired) electrons. The van der Waals surface area contributed by atoms with Crippen molar-refractivity contribution in [2.45, 2.75) is 19.4 Å². The number of hydrogen-bond donors (Lipinski definition) is 1. The summed E-state index contributed by atoms with van der Waals surface area (Å²) < 4.78 is 23.2. The molecule has 1 saturated heterocycles. The van der Waals surface area contributed by atoms with E-state index in [0.29, 0.717) is 17.0 Å². The molecule has 3 rings (SSSR count). The predicted molar refractivity (Wildman–Crippen MR) is 87.2 cm³/mol. The summed E-state index contributed by atoms with van der Waals surface area (Å²) in [5.41, 5.74) is 2.16. The van der Waals surface area contributed by atoms with Crippen molar-refractivity contribution in [2.75, 3.05) is 18.6 Å². The van der Waals surface area contributed by atoms with Crippen LogP contribution in [-0.4, -0.2) is 48.8 Å². The van der Waals surface area contributed by atoms with Gasteiger partial charge in [0.05, 0.1) is 17.1 Å². The number of amides is 1. The van der Waals surface area contributed by atoms with Crippen LogP contribution in [0.25, 0.3) is 10.9 Å². The van der Waals surface area contributed by atoms with Crippen LogP contribution in [0, 0.1) is 6.92 Å². The molecule has 22 heavy (non-hydrogen) atoms. The maximum absolute atomic E-state index is 12.8. The SMILES string of the molecule is Cc1[nH]c2ccc(Cl)cc2c1C(=O)N(C)C1CCS(=O)(=O)C1. The molecule has 0 bridgehead atoms. The summed E-state index contributed by atoms with van der Waals surface area (Å²) in [7, 11) is -1.36. The van der Waals surface area contributed by atoms with Crippen molar-refractivity contribution in [1.82, 2.24) is 9.88 Å². The molecule has 1 aromatic heterocycles. The van der Waals surface area contributed by atoms with E-state index in [1.54, 1.807) is 24.1 Å². The number of halogens is 1. The number of H-pyrrole nitrogens is 1. The van der Waals surface area contributed by atoms with Gasteiger partial charge in [0.2, 0.25) is 0 Å². The minimum Gasteiger partial charge on any atom is -0.358 e. The van der Waals surface area contributed by atoms with Crippen LogP contribution < -0.4 is 0 Å². The number of carbonyl (C=O) groups excluding carboxylic acids is 1. The summed E-state index contributed by atoms with van der Waals surface area (Å²) in [6, 6.07) is 5.09. The van der Waals surface area contributed by atoms with E-state index in [-0.39, 0.29) is 23.5 Å². The molecule has 1 N–H and O–H groups in total. The van der Waals surface area contributed by atoms with Crippen molar-refractivity contribution in [3.63, 3.8) is 0 Å². The lowest BCUT2D eigenvalue weighted by Gasteiger charge is -2.23. The number of aromatic amines is 1. The number of aromatic nitrogens is 1. The Bertz CT molecular complexity index is 857. The minimum atomic E-state index is -3.02. The molecule has 1 unspecified atom stereocenters. The highest BCUT2D eigenvalue weighted by Gasteiger charge is 2.34. The first kappa shape index (κ1) is 15.4. The topological polar surface area (TPSA) is 70.2 Å². The second kappa shape index (κ2) is 5.28. The Kier molecular flexibility index (Phi) is 3.69. The highest BCUT2D eigenvalue weighted by Crippen LogP contribution is 2.28. The molecule has 1 aliphatic rings. The van der Waals surface area contributed by atoms with Crippen LogP contribution in [0.15, 0.2) is 18.2 Å². The third kappa shape index (κ3) is 2.61. The third-order valence-electron chi connectivity index (χ3n) is 4.24. The Morgan fingerprint density at radius 2 is 2.14 bits per heavy atom. The number of fused-ring (bicyclic) bond motifs is 1. The molecule has 0 aliphatic carbocycles. The number of rotatable bonds is 2. The Morgan fingerprint density at radius 1 is 1.41 bits per heavy atom. The summed E-state index contributed by atoms with van der Waals surface area (Å²) in [5.74, 6) is 0.0129. The molecule has 7 heteroatoms. The Labute approximate surface area is 134 Å². The first-order valence-corrected chi connectivity index (χ1v) is 9.24. The summed E-state index contributed by atoms with van der Waals surface area (Å²) in [5, 5.41) is 1.33. The molecular weight excluding hydrogens is 324 g/mol. The van der Waals surface area contributed by atoms with Crippen molar-refractivity contribution in [1.29, 1.82) is 0 Å². The maximum Gasteiger partial charge on any atom is 0.256 e. The van der Waals surface area contributed by atoms with E-state index in [0.717, 1.165) is 16.6 Å². The van der Waals surface area contributed by atoms with Gasteiger partial charge in [-0.15, -0.1) is 0 Å². The van der Waals surface area contributed by atoms with Crippen LogP contribution in [0.2, 0.25) is 5.02 Å². The zero-order valence-corrected chi connectivity index (χ0v) is 14.0. The van der Waals surface area contributed by atoms with E-state index < -0.39 is 9.84 Å². The van der Waals surface area contributed by atoms with Crippen molar-refractivity contribution in [2.24, 2.45) is 0 Å². The van der Waals surface area contributed by atoms with Gasteiger partial charge in [-0.3, -0.25) is 4.79 Å². The summed E-state index contributed by atoms with van der Waals surface area (Å²) in [6.07, 6.45) is 0.493. The standard InChI is InChI=1S/C15H17ClN2O3S/c1-9-14(12-7-10(16)3-4-13(12)17-9)15(19)18(2)11-5-6-22(20,21)8-11/h3-4,7,11,17H,5-6,8H2,1-2H3. The van der Waals surface area contributed by atoms with Crippen LogP contribution in [0.5, 0.6) is 0 Å². The van der Waals surface area contributed by atoms with Crippen molar-refractivity contribution >= 4 is 38.2 Å². The molecule has 2 heterocycles. The van der Waals surface area contributed by atoms with Gasteiger partial charge in [-0.2, -0.15) is 0 Å². The van der Waals surface area contributed by atoms with Gasteiger partial charge in [0, 0.05) is 34.7 Å². The zero-order valence-electron chi connectivity index (χ0n) is 12.4. The first-order valence-electron chi connectivity index (χ1n) is 7.04. The van der Waals surface area contributed by atoms with Gasteiger partial charge in [-0.05, 0) is 31.5 Å². The summed E-state index contributed by atoms with van der Waals surface area (Å²) in [4.78, 5) is 17.5. The van der Waals surface area contributed by atoms with Crippen LogP contribution in [0.4, 0.5) is 0 Å². The smallest absolute Gasteiger partial charge is 0.256 e. The molecule has 2 aromatic rings. The fourth-order valence-electron chi connectivity index (χ4n) is 3.00. The number of benzene rings is 1. The highest BCUT2D eigenvalue weighted by atomic mass is 35.5. The molecule has 1 fully saturated rings. The Balaban J connectivity index is 1.98. The average molecular weight is 341 g/mol. The second-order valence-corrected chi connectivity index (χ2v) is 8.45. The average Bonchev–Trinajstić information content (AvgIpc) is 2.96. The van der Waals surface area contributed by atoms with Crippen molar-refractivity contribution < 1.29 is 13.2 Å². The van der Waals surface area contributed by atoms with Crippen LogP contribution in [0.1, 0.15) is 22.5 Å². The first-order chi connectivity index (χ1) is 10.3. The monoisotopic (exact) mass is 340 g/mol. The number of aryl methyl sites for hydroxylation is 1. The van der Waals surface area contributed by atoms with Gasteiger partial charge >= 0.3 is 0 Å². The van der Waals surface area contributed by atoms with Crippen LogP contribution >= 0.6 is 11.6 Å². The number of nitrogens with one attached hydrogen (secondary N) is 1. The quantitative estimate of drug-likeness (QED) is 0.912. The molecule has 1 aromatic carbocycles. The van der Waals surface area contributed by atoms with Crippen LogP contribution in [-0.2, 0) is 9.84 Å². The summed E-state index contributed by atoms with van der Waals surface area (Å²) in [6.45, 7) is 1.83. The maximum atomic E-state index is 12.8. The fourth-order valence-corrected chi connectivity index (χ4v) is 4.94. The molecule has 1 atom stereocenters. The lowest BCUT2D eigenvalue weighted by molar-refractivity contribution is 0.0749. The van der Waals surface area contributed by atoms with E-state index in [1.165, 1.54) is 0 Å². The minimum absolute atomic E-state index is 0.0391. The molecule has 5 nitrogen and oxygen atoms in total. The number of nitrogens with zero attached hydrogens (tertiary/aromatic N) is 1. The largest absolute Gasteiger partial charge is 0.358 e. The van der Waals surface area contributed by atoms with Gasteiger partial charge < -0.3 is 9.88 Å². The van der Waals surface area contributed by atoms with Gasteiger partial charge in [0.25, 0.3) is 5.91 Å². The number of hydrogen-bond acceptors (Lipinski definition) is 3. The van der Waals surface area contributed by atoms with Crippen molar-refractivity contribution in [3.05, 3.63) is 34.5 Å². The van der Waals surface area contributed by atoms with E-state index in [1.807, 2.05) is 13.0 Å². The van der Waals surface area contributed by atoms with Gasteiger partial charge in [0.1, 0.15) is 0 Å².